The van der Waals surface area contributed by atoms with E-state index in [1.807, 2.05) is 0 Å². The summed E-state index contributed by atoms with van der Waals surface area (Å²) in [7, 11) is 6.58. The molecule has 2 aromatic heterocycles. The molecule has 4 nitrogen and oxygen atoms in total. The fraction of sp³-hybridized carbons (Fsp3) is 0.688. The molecule has 21 heavy (non-hydrogen) atoms. The van der Waals surface area contributed by atoms with Crippen LogP contribution in [0.5, 0.6) is 0 Å². The van der Waals surface area contributed by atoms with Crippen LogP contribution in [0.1, 0.15) is 37.8 Å². The van der Waals surface area contributed by atoms with Crippen molar-refractivity contribution in [1.29, 1.82) is 0 Å². The first-order chi connectivity index (χ1) is 10.2. The number of imidazole rings is 1. The minimum Gasteiger partial charge on any atom is -0.315 e. The first-order valence-electron chi connectivity index (χ1n) is 7.91. The molecule has 0 spiro atoms. The number of likely N-dealkylation sites (N-methyl/N-ethyl adjacent to an activating group) is 2. The molecule has 0 amide bonds. The summed E-state index contributed by atoms with van der Waals surface area (Å²) in [4.78, 5) is 8.32. The number of hydrogen-bond donors (Lipinski definition) is 1. The molecular formula is C16H26N4S. The topological polar surface area (TPSA) is 32.6 Å². The summed E-state index contributed by atoms with van der Waals surface area (Å²) in [6.07, 6.45) is 11.9. The summed E-state index contributed by atoms with van der Waals surface area (Å²) in [5.41, 5.74) is 1.47. The zero-order valence-corrected chi connectivity index (χ0v) is 14.1. The molecule has 2 heterocycles. The molecule has 0 saturated heterocycles. The van der Waals surface area contributed by atoms with Crippen LogP contribution < -0.4 is 5.32 Å². The maximum Gasteiger partial charge on any atom is 0.193 e. The van der Waals surface area contributed by atoms with Crippen LogP contribution in [0.2, 0.25) is 0 Å². The highest BCUT2D eigenvalue weighted by Gasteiger charge is 2.41. The maximum absolute atomic E-state index is 4.77. The summed E-state index contributed by atoms with van der Waals surface area (Å²) >= 11 is 1.70. The first-order valence-corrected chi connectivity index (χ1v) is 8.79. The van der Waals surface area contributed by atoms with Gasteiger partial charge in [0.05, 0.1) is 5.69 Å². The monoisotopic (exact) mass is 306 g/mol. The molecule has 1 aliphatic rings. The molecule has 1 saturated carbocycles. The van der Waals surface area contributed by atoms with Crippen LogP contribution in [0.25, 0.3) is 4.96 Å². The average molecular weight is 306 g/mol. The summed E-state index contributed by atoms with van der Waals surface area (Å²) < 4.78 is 2.13. The van der Waals surface area contributed by atoms with Crippen LogP contribution in [0.4, 0.5) is 0 Å². The Kier molecular flexibility index (Phi) is 4.33. The number of fused-ring (bicyclic) bond motifs is 1. The quantitative estimate of drug-likeness (QED) is 0.922. The zero-order chi connectivity index (χ0) is 14.9. The summed E-state index contributed by atoms with van der Waals surface area (Å²) in [5, 5.41) is 5.68. The van der Waals surface area contributed by atoms with E-state index < -0.39 is 0 Å². The molecule has 1 unspecified atom stereocenters. The second kappa shape index (κ2) is 6.07. The van der Waals surface area contributed by atoms with E-state index in [-0.39, 0.29) is 5.54 Å². The third kappa shape index (κ3) is 2.74. The largest absolute Gasteiger partial charge is 0.315 e. The van der Waals surface area contributed by atoms with Gasteiger partial charge in [0.15, 0.2) is 4.96 Å². The molecule has 1 fully saturated rings. The van der Waals surface area contributed by atoms with Crippen LogP contribution in [0.15, 0.2) is 17.8 Å². The molecule has 0 aromatic carbocycles. The Morgan fingerprint density at radius 3 is 2.76 bits per heavy atom. The molecule has 3 rings (SSSR count). The van der Waals surface area contributed by atoms with Crippen molar-refractivity contribution >= 4 is 16.3 Å². The maximum atomic E-state index is 4.77. The Hall–Kier alpha value is -0.910. The second-order valence-electron chi connectivity index (χ2n) is 6.43. The Bertz CT molecular complexity index is 551. The number of nitrogens with one attached hydrogen (secondary N) is 1. The highest BCUT2D eigenvalue weighted by molar-refractivity contribution is 7.15. The molecule has 116 valence electrons. The van der Waals surface area contributed by atoms with Crippen molar-refractivity contribution < 1.29 is 0 Å². The SMILES string of the molecule is CNC(Cc1cn2ccsc2n1)C1(N(C)C)CCCCC1. The molecule has 0 radical (unpaired) electrons. The third-order valence-corrected chi connectivity index (χ3v) is 5.93. The fourth-order valence-corrected chi connectivity index (χ4v) is 4.63. The lowest BCUT2D eigenvalue weighted by atomic mass is 9.74. The van der Waals surface area contributed by atoms with Gasteiger partial charge in [-0.1, -0.05) is 19.3 Å². The number of nitrogens with zero attached hydrogens (tertiary/aromatic N) is 3. The number of rotatable bonds is 5. The molecule has 0 aliphatic heterocycles. The van der Waals surface area contributed by atoms with E-state index >= 15 is 0 Å². The van der Waals surface area contributed by atoms with Gasteiger partial charge in [-0.15, -0.1) is 11.3 Å². The van der Waals surface area contributed by atoms with Gasteiger partial charge in [0.1, 0.15) is 0 Å². The number of aromatic nitrogens is 2. The van der Waals surface area contributed by atoms with Gasteiger partial charge in [-0.25, -0.2) is 4.98 Å². The lowest BCUT2D eigenvalue weighted by Crippen LogP contribution is -2.60. The fourth-order valence-electron chi connectivity index (χ4n) is 3.92. The molecule has 1 atom stereocenters. The van der Waals surface area contributed by atoms with Crippen molar-refractivity contribution in [3.63, 3.8) is 0 Å². The van der Waals surface area contributed by atoms with Crippen molar-refractivity contribution in [1.82, 2.24) is 19.6 Å². The van der Waals surface area contributed by atoms with Gasteiger partial charge in [-0.3, -0.25) is 4.40 Å². The molecule has 1 N–H and O–H groups in total. The third-order valence-electron chi connectivity index (χ3n) is 5.16. The van der Waals surface area contributed by atoms with Crippen molar-refractivity contribution in [2.24, 2.45) is 0 Å². The average Bonchev–Trinajstić information content (AvgIpc) is 3.06. The van der Waals surface area contributed by atoms with Crippen LogP contribution in [-0.2, 0) is 6.42 Å². The Morgan fingerprint density at radius 1 is 1.38 bits per heavy atom. The Morgan fingerprint density at radius 2 is 2.14 bits per heavy atom. The van der Waals surface area contributed by atoms with Crippen molar-refractivity contribution in [2.45, 2.75) is 50.1 Å². The normalized spacial score (nSPS) is 20.2. The van der Waals surface area contributed by atoms with Gasteiger partial charge in [-0.05, 0) is 34.0 Å². The van der Waals surface area contributed by atoms with E-state index in [2.05, 4.69) is 53.5 Å². The van der Waals surface area contributed by atoms with E-state index in [4.69, 9.17) is 4.98 Å². The minimum atomic E-state index is 0.268. The van der Waals surface area contributed by atoms with E-state index in [1.165, 1.54) is 37.8 Å². The highest BCUT2D eigenvalue weighted by atomic mass is 32.1. The van der Waals surface area contributed by atoms with Gasteiger partial charge < -0.3 is 10.2 Å². The zero-order valence-electron chi connectivity index (χ0n) is 13.3. The van der Waals surface area contributed by atoms with E-state index in [0.717, 1.165) is 11.4 Å². The minimum absolute atomic E-state index is 0.268. The summed E-state index contributed by atoms with van der Waals surface area (Å²) in [5.74, 6) is 0. The predicted molar refractivity (Wildman–Crippen MR) is 89.1 cm³/mol. The second-order valence-corrected chi connectivity index (χ2v) is 7.30. The molecule has 5 heteroatoms. The smallest absolute Gasteiger partial charge is 0.193 e. The molecule has 2 aromatic rings. The lowest BCUT2D eigenvalue weighted by Gasteiger charge is -2.48. The van der Waals surface area contributed by atoms with Gasteiger partial charge in [-0.2, -0.15) is 0 Å². The van der Waals surface area contributed by atoms with Crippen LogP contribution in [-0.4, -0.2) is 47.0 Å². The van der Waals surface area contributed by atoms with Crippen molar-refractivity contribution in [2.75, 3.05) is 21.1 Å². The summed E-state index contributed by atoms with van der Waals surface area (Å²) in [6.45, 7) is 0. The van der Waals surface area contributed by atoms with Crippen molar-refractivity contribution in [3.05, 3.63) is 23.5 Å². The van der Waals surface area contributed by atoms with Gasteiger partial charge in [0.25, 0.3) is 0 Å². The Balaban J connectivity index is 1.83. The van der Waals surface area contributed by atoms with Gasteiger partial charge in [0, 0.05) is 35.8 Å². The van der Waals surface area contributed by atoms with Crippen molar-refractivity contribution in [3.8, 4) is 0 Å². The van der Waals surface area contributed by atoms with Gasteiger partial charge in [0.2, 0.25) is 0 Å². The van der Waals surface area contributed by atoms with Crippen LogP contribution >= 0.6 is 11.3 Å². The molecule has 0 bridgehead atoms. The van der Waals surface area contributed by atoms with Crippen LogP contribution in [0.3, 0.4) is 0 Å². The standard InChI is InChI=1S/C16H26N4S/c1-17-14(16(19(2)3)7-5-4-6-8-16)11-13-12-20-9-10-21-15(20)18-13/h9-10,12,14,17H,4-8,11H2,1-3H3. The first kappa shape index (κ1) is 15.0. The summed E-state index contributed by atoms with van der Waals surface area (Å²) in [6, 6.07) is 0.456. The number of thiazole rings is 1. The van der Waals surface area contributed by atoms with Gasteiger partial charge >= 0.3 is 0 Å². The Labute approximate surface area is 131 Å². The lowest BCUT2D eigenvalue weighted by molar-refractivity contribution is 0.0595. The van der Waals surface area contributed by atoms with E-state index in [0.29, 0.717) is 6.04 Å². The molecule has 1 aliphatic carbocycles. The number of hydrogen-bond acceptors (Lipinski definition) is 4. The van der Waals surface area contributed by atoms with E-state index in [1.54, 1.807) is 11.3 Å². The van der Waals surface area contributed by atoms with Crippen LogP contribution in [0, 0.1) is 0 Å². The highest BCUT2D eigenvalue weighted by Crippen LogP contribution is 2.36. The van der Waals surface area contributed by atoms with E-state index in [9.17, 15) is 0 Å². The molecular weight excluding hydrogens is 280 g/mol. The predicted octanol–water partition coefficient (Wildman–Crippen LogP) is 2.79.